The van der Waals surface area contributed by atoms with Crippen LogP contribution in [0, 0.1) is 0 Å². The smallest absolute Gasteiger partial charge is 0.410 e. The van der Waals surface area contributed by atoms with E-state index in [0.29, 0.717) is 42.3 Å². The summed E-state index contributed by atoms with van der Waals surface area (Å²) in [5.74, 6) is -0.165. The van der Waals surface area contributed by atoms with Gasteiger partial charge in [-0.2, -0.15) is 0 Å². The average Bonchev–Trinajstić information content (AvgIpc) is 3.30. The fourth-order valence-corrected chi connectivity index (χ4v) is 4.76. The number of hydrogen-bond donors (Lipinski definition) is 1. The first-order valence-corrected chi connectivity index (χ1v) is 15.3. The Morgan fingerprint density at radius 3 is 2.51 bits per heavy atom. The molecule has 9 nitrogen and oxygen atoms in total. The second-order valence-electron chi connectivity index (χ2n) is 11.7. The Labute approximate surface area is 213 Å². The number of carbonyl (C=O) groups excluding carboxylic acids is 2. The highest BCUT2D eigenvalue weighted by molar-refractivity contribution is 6.74. The highest BCUT2D eigenvalue weighted by Crippen LogP contribution is 2.37. The van der Waals surface area contributed by atoms with Crippen molar-refractivity contribution >= 4 is 43.0 Å². The van der Waals surface area contributed by atoms with Crippen molar-refractivity contribution in [1.82, 2.24) is 24.8 Å². The number of aromatic nitrogens is 3. The zero-order valence-corrected chi connectivity index (χ0v) is 23.8. The number of fused-ring (bicyclic) bond motifs is 1. The van der Waals surface area contributed by atoms with Gasteiger partial charge in [-0.25, -0.2) is 14.8 Å². The Balaban J connectivity index is 1.72. The van der Waals surface area contributed by atoms with Gasteiger partial charge in [-0.1, -0.05) is 32.4 Å². The lowest BCUT2D eigenvalue weighted by atomic mass is 10.2. The maximum Gasteiger partial charge on any atom is 0.410 e. The SMILES string of the molecule is CC(C)(C)OC(=O)N1CCC(NC(=O)Cn2c(CO[Si](C)(C)C(C)(C)C)cc3c(Cl)ncnc32)C1. The highest BCUT2D eigenvalue weighted by atomic mass is 35.5. The molecule has 194 valence electrons. The second-order valence-corrected chi connectivity index (χ2v) is 16.8. The Bertz CT molecular complexity index is 1090. The molecule has 0 saturated carbocycles. The molecule has 0 spiro atoms. The fraction of sp³-hybridized carbons (Fsp3) is 0.667. The molecule has 11 heteroatoms. The summed E-state index contributed by atoms with van der Waals surface area (Å²) in [6.07, 6.45) is 1.71. The van der Waals surface area contributed by atoms with Crippen molar-refractivity contribution in [3.8, 4) is 0 Å². The number of nitrogens with zero attached hydrogens (tertiary/aromatic N) is 4. The standard InChI is InChI=1S/C24H38ClN5O4Si/c1-23(2,3)34-22(32)29-10-9-16(12-29)28-19(31)13-30-17(14-33-35(7,8)24(4,5)6)11-18-20(25)26-15-27-21(18)30/h11,15-16H,9-10,12-14H2,1-8H3,(H,28,31). The lowest BCUT2D eigenvalue weighted by Gasteiger charge is -2.36. The average molecular weight is 524 g/mol. The number of rotatable bonds is 6. The van der Waals surface area contributed by atoms with E-state index in [1.165, 1.54) is 6.33 Å². The van der Waals surface area contributed by atoms with Crippen LogP contribution in [0.4, 0.5) is 4.79 Å². The minimum absolute atomic E-state index is 0.0567. The molecule has 1 atom stereocenters. The molecular weight excluding hydrogens is 486 g/mol. The molecule has 1 fully saturated rings. The summed E-state index contributed by atoms with van der Waals surface area (Å²) in [5, 5.41) is 4.13. The van der Waals surface area contributed by atoms with Crippen molar-refractivity contribution in [2.45, 2.75) is 90.9 Å². The van der Waals surface area contributed by atoms with Crippen LogP contribution in [0.15, 0.2) is 12.4 Å². The molecule has 1 aliphatic heterocycles. The van der Waals surface area contributed by atoms with Gasteiger partial charge in [0.25, 0.3) is 0 Å². The van der Waals surface area contributed by atoms with E-state index < -0.39 is 13.9 Å². The van der Waals surface area contributed by atoms with Gasteiger partial charge in [0.1, 0.15) is 29.3 Å². The van der Waals surface area contributed by atoms with Crippen molar-refractivity contribution < 1.29 is 18.8 Å². The summed E-state index contributed by atoms with van der Waals surface area (Å²) in [5.41, 5.74) is 0.861. The van der Waals surface area contributed by atoms with Gasteiger partial charge in [0.05, 0.1) is 12.0 Å². The van der Waals surface area contributed by atoms with E-state index in [2.05, 4.69) is 49.1 Å². The molecule has 35 heavy (non-hydrogen) atoms. The maximum absolute atomic E-state index is 13.0. The second kappa shape index (κ2) is 10.1. The number of nitrogens with one attached hydrogen (secondary N) is 1. The summed E-state index contributed by atoms with van der Waals surface area (Å²) in [4.78, 5) is 35.5. The molecule has 3 rings (SSSR count). The van der Waals surface area contributed by atoms with Gasteiger partial charge >= 0.3 is 6.09 Å². The zero-order valence-electron chi connectivity index (χ0n) is 22.1. The van der Waals surface area contributed by atoms with Gasteiger partial charge in [0.15, 0.2) is 8.32 Å². The molecule has 2 aromatic heterocycles. The molecule has 0 aliphatic carbocycles. The zero-order chi connectivity index (χ0) is 26.2. The molecule has 1 N–H and O–H groups in total. The molecule has 2 amide bonds. The predicted molar refractivity (Wildman–Crippen MR) is 139 cm³/mol. The number of amides is 2. The van der Waals surface area contributed by atoms with Crippen LogP contribution in [0.25, 0.3) is 11.0 Å². The predicted octanol–water partition coefficient (Wildman–Crippen LogP) is 4.73. The number of hydrogen-bond acceptors (Lipinski definition) is 6. The minimum atomic E-state index is -2.01. The van der Waals surface area contributed by atoms with Crippen molar-refractivity contribution in [2.24, 2.45) is 0 Å². The molecule has 1 aliphatic rings. The molecule has 3 heterocycles. The van der Waals surface area contributed by atoms with Crippen LogP contribution >= 0.6 is 11.6 Å². The van der Waals surface area contributed by atoms with E-state index in [1.54, 1.807) is 4.90 Å². The highest BCUT2D eigenvalue weighted by Gasteiger charge is 2.37. The van der Waals surface area contributed by atoms with E-state index in [1.807, 2.05) is 31.4 Å². The minimum Gasteiger partial charge on any atom is -0.444 e. The number of halogens is 1. The third kappa shape index (κ3) is 6.74. The summed E-state index contributed by atoms with van der Waals surface area (Å²) in [6, 6.07) is 1.76. The van der Waals surface area contributed by atoms with Gasteiger partial charge in [-0.05, 0) is 51.4 Å². The lowest BCUT2D eigenvalue weighted by Crippen LogP contribution is -2.42. The van der Waals surface area contributed by atoms with E-state index in [0.717, 1.165) is 5.69 Å². The number of carbonyl (C=O) groups is 2. The van der Waals surface area contributed by atoms with Crippen molar-refractivity contribution in [2.75, 3.05) is 13.1 Å². The third-order valence-corrected chi connectivity index (χ3v) is 11.4. The Kier molecular flexibility index (Phi) is 7.88. The number of ether oxygens (including phenoxy) is 1. The third-order valence-electron chi connectivity index (χ3n) is 6.62. The van der Waals surface area contributed by atoms with Crippen LogP contribution in [0.5, 0.6) is 0 Å². The quantitative estimate of drug-likeness (QED) is 0.434. The van der Waals surface area contributed by atoms with E-state index in [-0.39, 0.29) is 29.6 Å². The summed E-state index contributed by atoms with van der Waals surface area (Å²) >= 11 is 6.32. The largest absolute Gasteiger partial charge is 0.444 e. The molecular formula is C24H38ClN5O4Si. The van der Waals surface area contributed by atoms with Crippen LogP contribution in [0.2, 0.25) is 23.3 Å². The van der Waals surface area contributed by atoms with Crippen LogP contribution in [-0.4, -0.2) is 64.5 Å². The van der Waals surface area contributed by atoms with Crippen LogP contribution < -0.4 is 5.32 Å². The Morgan fingerprint density at radius 2 is 1.89 bits per heavy atom. The fourth-order valence-electron chi connectivity index (χ4n) is 3.64. The molecule has 1 saturated heterocycles. The first-order chi connectivity index (χ1) is 16.1. The van der Waals surface area contributed by atoms with Gasteiger partial charge in [-0.3, -0.25) is 4.79 Å². The maximum atomic E-state index is 13.0. The molecule has 0 radical (unpaired) electrons. The summed E-state index contributed by atoms with van der Waals surface area (Å²) in [6.45, 7) is 17.8. The lowest BCUT2D eigenvalue weighted by molar-refractivity contribution is -0.122. The van der Waals surface area contributed by atoms with Crippen LogP contribution in [0.1, 0.15) is 53.7 Å². The molecule has 2 aromatic rings. The molecule has 1 unspecified atom stereocenters. The topological polar surface area (TPSA) is 98.6 Å². The van der Waals surface area contributed by atoms with Crippen LogP contribution in [-0.2, 0) is 27.1 Å². The first-order valence-electron chi connectivity index (χ1n) is 12.0. The summed E-state index contributed by atoms with van der Waals surface area (Å²) in [7, 11) is -2.01. The molecule has 0 bridgehead atoms. The van der Waals surface area contributed by atoms with Crippen molar-refractivity contribution in [1.29, 1.82) is 0 Å². The normalized spacial score (nSPS) is 17.2. The Hall–Kier alpha value is -2.17. The summed E-state index contributed by atoms with van der Waals surface area (Å²) < 4.78 is 13.7. The van der Waals surface area contributed by atoms with Crippen LogP contribution in [0.3, 0.4) is 0 Å². The van der Waals surface area contributed by atoms with Crippen molar-refractivity contribution in [3.63, 3.8) is 0 Å². The van der Waals surface area contributed by atoms with Gasteiger partial charge < -0.3 is 23.9 Å². The number of likely N-dealkylation sites (tertiary alicyclic amines) is 1. The van der Waals surface area contributed by atoms with Gasteiger partial charge in [0.2, 0.25) is 5.91 Å². The Morgan fingerprint density at radius 1 is 1.20 bits per heavy atom. The van der Waals surface area contributed by atoms with E-state index in [9.17, 15) is 9.59 Å². The first kappa shape index (κ1) is 27.4. The van der Waals surface area contributed by atoms with E-state index in [4.69, 9.17) is 20.8 Å². The van der Waals surface area contributed by atoms with Crippen molar-refractivity contribution in [3.05, 3.63) is 23.2 Å². The van der Waals surface area contributed by atoms with E-state index >= 15 is 0 Å². The monoisotopic (exact) mass is 523 g/mol. The van der Waals surface area contributed by atoms with Gasteiger partial charge in [-0.15, -0.1) is 0 Å². The molecule has 0 aromatic carbocycles. The van der Waals surface area contributed by atoms with Gasteiger partial charge in [0, 0.05) is 24.8 Å².